The Morgan fingerprint density at radius 1 is 0.893 bits per heavy atom. The molecule has 0 radical (unpaired) electrons. The molecule has 4 rings (SSSR count). The van der Waals surface area contributed by atoms with Gasteiger partial charge in [-0.15, -0.1) is 0 Å². The molecule has 2 aliphatic heterocycles. The standard InChI is InChI=1S/C23H35N3O2/c27-23(26-11-4-1-5-12-26)19-25-15-13-24(14-16-25)18-20-7-6-10-22(17-20)28-21-8-2-3-9-21/h6-7,10,17,21H,1-5,8-9,11-16,18-19H2. The van der Waals surface area contributed by atoms with E-state index in [2.05, 4.69) is 39.0 Å². The Bertz CT molecular complexity index is 630. The van der Waals surface area contributed by atoms with Gasteiger partial charge in [-0.1, -0.05) is 12.1 Å². The van der Waals surface area contributed by atoms with Gasteiger partial charge in [0.25, 0.3) is 0 Å². The molecular weight excluding hydrogens is 350 g/mol. The lowest BCUT2D eigenvalue weighted by molar-refractivity contribution is -0.133. The fourth-order valence-corrected chi connectivity index (χ4v) is 4.71. The van der Waals surface area contributed by atoms with E-state index >= 15 is 0 Å². The molecule has 0 N–H and O–H groups in total. The highest BCUT2D eigenvalue weighted by molar-refractivity contribution is 5.78. The molecule has 154 valence electrons. The van der Waals surface area contributed by atoms with Crippen molar-refractivity contribution in [2.45, 2.75) is 57.6 Å². The van der Waals surface area contributed by atoms with Crippen LogP contribution in [-0.2, 0) is 11.3 Å². The minimum Gasteiger partial charge on any atom is -0.490 e. The fourth-order valence-electron chi connectivity index (χ4n) is 4.71. The van der Waals surface area contributed by atoms with Crippen LogP contribution in [0.25, 0.3) is 0 Å². The number of carbonyl (C=O) groups is 1. The third kappa shape index (κ3) is 5.48. The van der Waals surface area contributed by atoms with Gasteiger partial charge in [0, 0.05) is 45.8 Å². The lowest BCUT2D eigenvalue weighted by atomic mass is 10.1. The van der Waals surface area contributed by atoms with E-state index in [1.54, 1.807) is 0 Å². The first kappa shape index (κ1) is 19.7. The zero-order valence-electron chi connectivity index (χ0n) is 17.2. The number of piperidine rings is 1. The Morgan fingerprint density at radius 3 is 2.36 bits per heavy atom. The van der Waals surface area contributed by atoms with Crippen LogP contribution in [0.4, 0.5) is 0 Å². The second-order valence-corrected chi connectivity index (χ2v) is 8.67. The van der Waals surface area contributed by atoms with E-state index in [9.17, 15) is 4.79 Å². The molecule has 2 saturated heterocycles. The van der Waals surface area contributed by atoms with Crippen molar-refractivity contribution in [1.29, 1.82) is 0 Å². The van der Waals surface area contributed by atoms with Gasteiger partial charge in [0.15, 0.2) is 0 Å². The first-order valence-electron chi connectivity index (χ1n) is 11.2. The highest BCUT2D eigenvalue weighted by Crippen LogP contribution is 2.25. The zero-order valence-corrected chi connectivity index (χ0v) is 17.2. The average molecular weight is 386 g/mol. The number of ether oxygens (including phenoxy) is 1. The second kappa shape index (κ2) is 9.75. The summed E-state index contributed by atoms with van der Waals surface area (Å²) in [5.74, 6) is 1.35. The summed E-state index contributed by atoms with van der Waals surface area (Å²) in [7, 11) is 0. The van der Waals surface area contributed by atoms with Gasteiger partial charge in [-0.2, -0.15) is 0 Å². The molecule has 28 heavy (non-hydrogen) atoms. The van der Waals surface area contributed by atoms with Crippen molar-refractivity contribution < 1.29 is 9.53 Å². The molecule has 0 bridgehead atoms. The lowest BCUT2D eigenvalue weighted by Gasteiger charge is -2.36. The maximum atomic E-state index is 12.5. The molecule has 1 aliphatic carbocycles. The molecule has 0 atom stereocenters. The summed E-state index contributed by atoms with van der Waals surface area (Å²) < 4.78 is 6.15. The van der Waals surface area contributed by atoms with Crippen molar-refractivity contribution in [2.24, 2.45) is 0 Å². The Balaban J connectivity index is 1.21. The van der Waals surface area contributed by atoms with Crippen molar-refractivity contribution in [3.63, 3.8) is 0 Å². The Hall–Kier alpha value is -1.59. The maximum Gasteiger partial charge on any atom is 0.236 e. The van der Waals surface area contributed by atoms with Gasteiger partial charge in [-0.3, -0.25) is 14.6 Å². The summed E-state index contributed by atoms with van der Waals surface area (Å²) in [5.41, 5.74) is 1.33. The third-order valence-corrected chi connectivity index (χ3v) is 6.44. The van der Waals surface area contributed by atoms with Crippen LogP contribution in [0.15, 0.2) is 24.3 Å². The van der Waals surface area contributed by atoms with Gasteiger partial charge in [0.1, 0.15) is 5.75 Å². The summed E-state index contributed by atoms with van der Waals surface area (Å²) in [6.45, 7) is 7.50. The molecule has 1 saturated carbocycles. The molecule has 1 aromatic carbocycles. The van der Waals surface area contributed by atoms with Crippen molar-refractivity contribution in [2.75, 3.05) is 45.8 Å². The number of piperazine rings is 1. The van der Waals surface area contributed by atoms with Crippen molar-refractivity contribution in [3.8, 4) is 5.75 Å². The highest BCUT2D eigenvalue weighted by Gasteiger charge is 2.23. The zero-order chi connectivity index (χ0) is 19.2. The second-order valence-electron chi connectivity index (χ2n) is 8.67. The summed E-state index contributed by atoms with van der Waals surface area (Å²) in [6.07, 6.45) is 9.02. The predicted octanol–water partition coefficient (Wildman–Crippen LogP) is 3.14. The monoisotopic (exact) mass is 385 g/mol. The fraction of sp³-hybridized carbons (Fsp3) is 0.696. The number of amides is 1. The van der Waals surface area contributed by atoms with Crippen LogP contribution in [0, 0.1) is 0 Å². The van der Waals surface area contributed by atoms with Gasteiger partial charge < -0.3 is 9.64 Å². The SMILES string of the molecule is O=C(CN1CCN(Cc2cccc(OC3CCCC3)c2)CC1)N1CCCCC1. The molecule has 1 aromatic rings. The molecule has 5 nitrogen and oxygen atoms in total. The Labute approximate surface area is 169 Å². The van der Waals surface area contributed by atoms with E-state index < -0.39 is 0 Å². The highest BCUT2D eigenvalue weighted by atomic mass is 16.5. The van der Waals surface area contributed by atoms with E-state index in [1.165, 1.54) is 50.5 Å². The number of hydrogen-bond donors (Lipinski definition) is 0. The van der Waals surface area contributed by atoms with E-state index in [0.717, 1.165) is 51.6 Å². The third-order valence-electron chi connectivity index (χ3n) is 6.44. The molecule has 5 heteroatoms. The van der Waals surface area contributed by atoms with E-state index in [4.69, 9.17) is 4.74 Å². The van der Waals surface area contributed by atoms with Crippen LogP contribution in [0.1, 0.15) is 50.5 Å². The van der Waals surface area contributed by atoms with Gasteiger partial charge in [-0.05, 0) is 62.6 Å². The molecule has 0 aromatic heterocycles. The largest absolute Gasteiger partial charge is 0.490 e. The van der Waals surface area contributed by atoms with Crippen molar-refractivity contribution >= 4 is 5.91 Å². The minimum absolute atomic E-state index is 0.324. The van der Waals surface area contributed by atoms with Crippen molar-refractivity contribution in [1.82, 2.24) is 14.7 Å². The topological polar surface area (TPSA) is 36.0 Å². The lowest BCUT2D eigenvalue weighted by Crippen LogP contribution is -2.50. The van der Waals surface area contributed by atoms with E-state index in [1.807, 2.05) is 0 Å². The first-order valence-corrected chi connectivity index (χ1v) is 11.2. The van der Waals surface area contributed by atoms with Crippen LogP contribution in [-0.4, -0.2) is 72.5 Å². The average Bonchev–Trinajstić information content (AvgIpc) is 3.23. The van der Waals surface area contributed by atoms with Gasteiger partial charge in [-0.25, -0.2) is 0 Å². The van der Waals surface area contributed by atoms with Crippen LogP contribution < -0.4 is 4.74 Å². The molecule has 1 amide bonds. The van der Waals surface area contributed by atoms with E-state index in [0.29, 0.717) is 18.6 Å². The number of benzene rings is 1. The molecule has 0 unspecified atom stereocenters. The number of hydrogen-bond acceptors (Lipinski definition) is 4. The van der Waals surface area contributed by atoms with Gasteiger partial charge in [0.2, 0.25) is 5.91 Å². The van der Waals surface area contributed by atoms with Crippen molar-refractivity contribution in [3.05, 3.63) is 29.8 Å². The molecule has 2 heterocycles. The predicted molar refractivity (Wildman–Crippen MR) is 111 cm³/mol. The van der Waals surface area contributed by atoms with Crippen LogP contribution in [0.2, 0.25) is 0 Å². The molecular formula is C23H35N3O2. The Kier molecular flexibility index (Phi) is 6.86. The maximum absolute atomic E-state index is 12.5. The first-order chi connectivity index (χ1) is 13.8. The number of likely N-dealkylation sites (tertiary alicyclic amines) is 1. The van der Waals surface area contributed by atoms with Crippen LogP contribution in [0.5, 0.6) is 5.75 Å². The normalized spacial score (nSPS) is 22.5. The molecule has 3 aliphatic rings. The smallest absolute Gasteiger partial charge is 0.236 e. The summed E-state index contributed by atoms with van der Waals surface area (Å²) >= 11 is 0. The van der Waals surface area contributed by atoms with Gasteiger partial charge >= 0.3 is 0 Å². The Morgan fingerprint density at radius 2 is 1.61 bits per heavy atom. The molecule has 3 fully saturated rings. The van der Waals surface area contributed by atoms with Gasteiger partial charge in [0.05, 0.1) is 12.6 Å². The summed E-state index contributed by atoms with van der Waals surface area (Å²) in [4.78, 5) is 19.4. The van der Waals surface area contributed by atoms with Crippen LogP contribution >= 0.6 is 0 Å². The quantitative estimate of drug-likeness (QED) is 0.754. The molecule has 0 spiro atoms. The summed E-state index contributed by atoms with van der Waals surface area (Å²) in [6, 6.07) is 8.62. The number of rotatable bonds is 6. The minimum atomic E-state index is 0.324. The number of nitrogens with zero attached hydrogens (tertiary/aromatic N) is 3. The summed E-state index contributed by atoms with van der Waals surface area (Å²) in [5, 5.41) is 0. The number of carbonyl (C=O) groups excluding carboxylic acids is 1. The van der Waals surface area contributed by atoms with E-state index in [-0.39, 0.29) is 0 Å². The van der Waals surface area contributed by atoms with Crippen LogP contribution in [0.3, 0.4) is 0 Å².